The molecule has 0 spiro atoms. The van der Waals surface area contributed by atoms with Gasteiger partial charge in [0, 0.05) is 18.1 Å². The highest BCUT2D eigenvalue weighted by atomic mass is 32.2. The van der Waals surface area contributed by atoms with E-state index < -0.39 is 0 Å². The highest BCUT2D eigenvalue weighted by molar-refractivity contribution is 7.99. The molecule has 4 nitrogen and oxygen atoms in total. The van der Waals surface area contributed by atoms with Crippen molar-refractivity contribution in [3.05, 3.63) is 12.7 Å². The molecule has 1 atom stereocenters. The monoisotopic (exact) mass is 242 g/mol. The van der Waals surface area contributed by atoms with Crippen LogP contribution in [0.15, 0.2) is 12.7 Å². The molecule has 0 saturated carbocycles. The smallest absolute Gasteiger partial charge is 0.243 e. The van der Waals surface area contributed by atoms with Crippen LogP contribution in [0.1, 0.15) is 13.3 Å². The van der Waals surface area contributed by atoms with Crippen molar-refractivity contribution in [3.63, 3.8) is 0 Å². The molecule has 0 aromatic carbocycles. The fraction of sp³-hybridized carbons (Fsp3) is 0.636. The zero-order valence-corrected chi connectivity index (χ0v) is 10.4. The van der Waals surface area contributed by atoms with Gasteiger partial charge in [-0.2, -0.15) is 11.8 Å². The first-order valence-electron chi connectivity index (χ1n) is 5.46. The maximum Gasteiger partial charge on any atom is 0.243 e. The third-order valence-corrected chi connectivity index (χ3v) is 3.45. The number of hydrogen-bond acceptors (Lipinski definition) is 3. The molecule has 1 aliphatic rings. The fourth-order valence-electron chi connectivity index (χ4n) is 1.71. The van der Waals surface area contributed by atoms with E-state index in [-0.39, 0.29) is 24.4 Å². The van der Waals surface area contributed by atoms with E-state index in [1.165, 1.54) is 0 Å². The van der Waals surface area contributed by atoms with E-state index in [1.807, 2.05) is 13.0 Å². The van der Waals surface area contributed by atoms with Gasteiger partial charge in [-0.3, -0.25) is 9.59 Å². The molecule has 0 aliphatic carbocycles. The second-order valence-electron chi connectivity index (χ2n) is 3.59. The summed E-state index contributed by atoms with van der Waals surface area (Å²) in [5, 5.41) is 2.61. The SMILES string of the molecule is C=CCSCCN1C(=O)CNC(=O)C1CC. The van der Waals surface area contributed by atoms with Crippen LogP contribution in [0.5, 0.6) is 0 Å². The minimum absolute atomic E-state index is 0.0191. The standard InChI is InChI=1S/C11H18N2O2S/c1-3-6-16-7-5-13-9(4-2)11(15)12-8-10(13)14/h3,9H,1,4-8H2,2H3,(H,12,15). The summed E-state index contributed by atoms with van der Waals surface area (Å²) in [6.07, 6.45) is 2.51. The molecule has 0 radical (unpaired) electrons. The summed E-state index contributed by atoms with van der Waals surface area (Å²) in [4.78, 5) is 24.9. The quantitative estimate of drug-likeness (QED) is 0.549. The van der Waals surface area contributed by atoms with Crippen molar-refractivity contribution in [2.24, 2.45) is 0 Å². The molecular weight excluding hydrogens is 224 g/mol. The van der Waals surface area contributed by atoms with E-state index in [2.05, 4.69) is 11.9 Å². The van der Waals surface area contributed by atoms with Crippen LogP contribution in [0.3, 0.4) is 0 Å². The van der Waals surface area contributed by atoms with Crippen LogP contribution in [0.25, 0.3) is 0 Å². The highest BCUT2D eigenvalue weighted by Gasteiger charge is 2.32. The number of nitrogens with zero attached hydrogens (tertiary/aromatic N) is 1. The maximum absolute atomic E-state index is 11.7. The Hall–Kier alpha value is -0.970. The molecule has 0 bridgehead atoms. The minimum atomic E-state index is -0.286. The van der Waals surface area contributed by atoms with E-state index in [0.29, 0.717) is 13.0 Å². The molecule has 0 aromatic heterocycles. The molecule has 1 unspecified atom stereocenters. The Kier molecular flexibility index (Phi) is 5.38. The third-order valence-electron chi connectivity index (χ3n) is 2.51. The predicted octanol–water partition coefficient (Wildman–Crippen LogP) is 0.643. The van der Waals surface area contributed by atoms with Crippen molar-refractivity contribution in [2.45, 2.75) is 19.4 Å². The van der Waals surface area contributed by atoms with Gasteiger partial charge in [-0.05, 0) is 6.42 Å². The van der Waals surface area contributed by atoms with Gasteiger partial charge in [-0.1, -0.05) is 13.0 Å². The van der Waals surface area contributed by atoms with Gasteiger partial charge >= 0.3 is 0 Å². The second-order valence-corrected chi connectivity index (χ2v) is 4.74. The van der Waals surface area contributed by atoms with Gasteiger partial charge in [0.1, 0.15) is 6.04 Å². The Labute approximate surface area is 100 Å². The number of piperazine rings is 1. The Bertz CT molecular complexity index is 281. The van der Waals surface area contributed by atoms with Gasteiger partial charge in [0.15, 0.2) is 0 Å². The highest BCUT2D eigenvalue weighted by Crippen LogP contribution is 2.11. The van der Waals surface area contributed by atoms with E-state index in [1.54, 1.807) is 16.7 Å². The van der Waals surface area contributed by atoms with Crippen LogP contribution in [0, 0.1) is 0 Å². The van der Waals surface area contributed by atoms with Crippen LogP contribution in [0.4, 0.5) is 0 Å². The molecule has 0 aromatic rings. The van der Waals surface area contributed by atoms with Gasteiger partial charge < -0.3 is 10.2 Å². The Morgan fingerprint density at radius 2 is 2.38 bits per heavy atom. The van der Waals surface area contributed by atoms with Crippen molar-refractivity contribution in [2.75, 3.05) is 24.6 Å². The summed E-state index contributed by atoms with van der Waals surface area (Å²) >= 11 is 1.72. The first-order chi connectivity index (χ1) is 7.70. The molecule has 16 heavy (non-hydrogen) atoms. The number of amides is 2. The summed E-state index contributed by atoms with van der Waals surface area (Å²) in [6.45, 7) is 6.34. The fourth-order valence-corrected chi connectivity index (χ4v) is 2.37. The molecule has 2 amide bonds. The first-order valence-corrected chi connectivity index (χ1v) is 6.62. The van der Waals surface area contributed by atoms with Gasteiger partial charge in [-0.25, -0.2) is 0 Å². The van der Waals surface area contributed by atoms with Crippen LogP contribution in [-0.4, -0.2) is 47.4 Å². The average molecular weight is 242 g/mol. The Balaban J connectivity index is 2.48. The van der Waals surface area contributed by atoms with Crippen molar-refractivity contribution in [3.8, 4) is 0 Å². The molecule has 1 rings (SSSR count). The van der Waals surface area contributed by atoms with Gasteiger partial charge in [0.25, 0.3) is 0 Å². The lowest BCUT2D eigenvalue weighted by Gasteiger charge is -2.34. The van der Waals surface area contributed by atoms with Crippen LogP contribution >= 0.6 is 11.8 Å². The molecule has 90 valence electrons. The maximum atomic E-state index is 11.7. The van der Waals surface area contributed by atoms with E-state index in [4.69, 9.17) is 0 Å². The molecule has 5 heteroatoms. The van der Waals surface area contributed by atoms with Crippen LogP contribution in [0.2, 0.25) is 0 Å². The number of carbonyl (C=O) groups excluding carboxylic acids is 2. The van der Waals surface area contributed by atoms with Gasteiger partial charge in [-0.15, -0.1) is 6.58 Å². The molecule has 1 N–H and O–H groups in total. The lowest BCUT2D eigenvalue weighted by atomic mass is 10.1. The lowest BCUT2D eigenvalue weighted by molar-refractivity contribution is -0.145. The third kappa shape index (κ3) is 3.27. The zero-order chi connectivity index (χ0) is 12.0. The zero-order valence-electron chi connectivity index (χ0n) is 9.57. The first kappa shape index (κ1) is 13.1. The van der Waals surface area contributed by atoms with Crippen molar-refractivity contribution < 1.29 is 9.59 Å². The summed E-state index contributed by atoms with van der Waals surface area (Å²) in [7, 11) is 0. The molecule has 1 saturated heterocycles. The lowest BCUT2D eigenvalue weighted by Crippen LogP contribution is -2.58. The largest absolute Gasteiger partial charge is 0.345 e. The van der Waals surface area contributed by atoms with E-state index in [9.17, 15) is 9.59 Å². The van der Waals surface area contributed by atoms with Crippen molar-refractivity contribution in [1.82, 2.24) is 10.2 Å². The van der Waals surface area contributed by atoms with Crippen molar-refractivity contribution in [1.29, 1.82) is 0 Å². The molecule has 1 fully saturated rings. The predicted molar refractivity (Wildman–Crippen MR) is 66.3 cm³/mol. The number of rotatable bonds is 6. The van der Waals surface area contributed by atoms with Crippen molar-refractivity contribution >= 4 is 23.6 Å². The Morgan fingerprint density at radius 1 is 1.62 bits per heavy atom. The number of carbonyl (C=O) groups is 2. The van der Waals surface area contributed by atoms with E-state index in [0.717, 1.165) is 11.5 Å². The second kappa shape index (κ2) is 6.58. The van der Waals surface area contributed by atoms with Crippen LogP contribution < -0.4 is 5.32 Å². The van der Waals surface area contributed by atoms with Crippen LogP contribution in [-0.2, 0) is 9.59 Å². The summed E-state index contributed by atoms with van der Waals surface area (Å²) in [5.74, 6) is 1.72. The molecule has 1 heterocycles. The van der Waals surface area contributed by atoms with E-state index >= 15 is 0 Å². The average Bonchev–Trinajstić information content (AvgIpc) is 2.29. The molecule has 1 aliphatic heterocycles. The normalized spacial score (nSPS) is 20.8. The topological polar surface area (TPSA) is 49.4 Å². The summed E-state index contributed by atoms with van der Waals surface area (Å²) < 4.78 is 0. The van der Waals surface area contributed by atoms with Gasteiger partial charge in [0.2, 0.25) is 11.8 Å². The summed E-state index contributed by atoms with van der Waals surface area (Å²) in [5.41, 5.74) is 0. The Morgan fingerprint density at radius 3 is 3.00 bits per heavy atom. The number of thioether (sulfide) groups is 1. The summed E-state index contributed by atoms with van der Waals surface area (Å²) in [6, 6.07) is -0.286. The van der Waals surface area contributed by atoms with Gasteiger partial charge in [0.05, 0.1) is 6.54 Å². The number of nitrogens with one attached hydrogen (secondary N) is 1. The molecular formula is C11H18N2O2S. The number of hydrogen-bond donors (Lipinski definition) is 1. The minimum Gasteiger partial charge on any atom is -0.345 e.